The van der Waals surface area contributed by atoms with Crippen LogP contribution in [0.3, 0.4) is 0 Å². The van der Waals surface area contributed by atoms with Crippen molar-refractivity contribution >= 4 is 23.4 Å². The van der Waals surface area contributed by atoms with Gasteiger partial charge >= 0.3 is 0 Å². The summed E-state index contributed by atoms with van der Waals surface area (Å²) >= 11 is 5.86. The maximum absolute atomic E-state index is 12.1. The van der Waals surface area contributed by atoms with E-state index in [1.54, 1.807) is 24.3 Å². The number of nitrogens with one attached hydrogen (secondary N) is 2. The Morgan fingerprint density at radius 1 is 1.19 bits per heavy atom. The van der Waals surface area contributed by atoms with Gasteiger partial charge in [-0.25, -0.2) is 0 Å². The molecular formula is C18H19ClN4O4. The molecule has 0 aliphatic heterocycles. The molecule has 0 spiro atoms. The van der Waals surface area contributed by atoms with E-state index in [-0.39, 0.29) is 36.2 Å². The van der Waals surface area contributed by atoms with Crippen LogP contribution < -0.4 is 20.1 Å². The predicted molar refractivity (Wildman–Crippen MR) is 97.9 cm³/mol. The lowest BCUT2D eigenvalue weighted by molar-refractivity contribution is -0.124. The van der Waals surface area contributed by atoms with E-state index in [9.17, 15) is 9.59 Å². The van der Waals surface area contributed by atoms with Crippen LogP contribution in [0, 0.1) is 0 Å². The van der Waals surface area contributed by atoms with Gasteiger partial charge in [-0.2, -0.15) is 5.10 Å². The molecule has 142 valence electrons. The zero-order valence-electron chi connectivity index (χ0n) is 14.6. The SMILES string of the molecule is COc1cnnc(C(=O)NC2CC(NC(=O)COc3cccc(Cl)c3)C2)c1. The largest absolute Gasteiger partial charge is 0.495 e. The minimum Gasteiger partial charge on any atom is -0.495 e. The van der Waals surface area contributed by atoms with Gasteiger partial charge in [-0.05, 0) is 31.0 Å². The fourth-order valence-electron chi connectivity index (χ4n) is 2.66. The van der Waals surface area contributed by atoms with E-state index in [0.717, 1.165) is 0 Å². The first-order valence-electron chi connectivity index (χ1n) is 8.39. The molecule has 0 atom stereocenters. The quantitative estimate of drug-likeness (QED) is 0.744. The van der Waals surface area contributed by atoms with Crippen LogP contribution in [0.15, 0.2) is 36.5 Å². The van der Waals surface area contributed by atoms with Gasteiger partial charge in [-0.1, -0.05) is 17.7 Å². The summed E-state index contributed by atoms with van der Waals surface area (Å²) in [6.07, 6.45) is 2.72. The molecule has 1 aromatic carbocycles. The highest BCUT2D eigenvalue weighted by Crippen LogP contribution is 2.21. The van der Waals surface area contributed by atoms with E-state index in [1.807, 2.05) is 0 Å². The maximum Gasteiger partial charge on any atom is 0.272 e. The third-order valence-electron chi connectivity index (χ3n) is 4.10. The fraction of sp³-hybridized carbons (Fsp3) is 0.333. The molecule has 0 saturated heterocycles. The third-order valence-corrected chi connectivity index (χ3v) is 4.34. The Balaban J connectivity index is 1.38. The molecule has 8 nitrogen and oxygen atoms in total. The lowest BCUT2D eigenvalue weighted by Gasteiger charge is -2.36. The van der Waals surface area contributed by atoms with Crippen LogP contribution in [0.4, 0.5) is 0 Å². The molecule has 9 heteroatoms. The Morgan fingerprint density at radius 3 is 2.70 bits per heavy atom. The van der Waals surface area contributed by atoms with Crippen LogP contribution in [0.25, 0.3) is 0 Å². The molecule has 1 heterocycles. The van der Waals surface area contributed by atoms with Crippen molar-refractivity contribution in [2.24, 2.45) is 0 Å². The lowest BCUT2D eigenvalue weighted by atomic mass is 9.86. The molecular weight excluding hydrogens is 372 g/mol. The Hall–Kier alpha value is -2.87. The number of methoxy groups -OCH3 is 1. The number of aromatic nitrogens is 2. The normalized spacial score (nSPS) is 18.1. The summed E-state index contributed by atoms with van der Waals surface area (Å²) in [5.41, 5.74) is 0.191. The van der Waals surface area contributed by atoms with Crippen molar-refractivity contribution in [3.05, 3.63) is 47.2 Å². The minimum atomic E-state index is -0.319. The van der Waals surface area contributed by atoms with Gasteiger partial charge in [0.15, 0.2) is 12.3 Å². The first kappa shape index (κ1) is 18.9. The van der Waals surface area contributed by atoms with Crippen molar-refractivity contribution in [1.29, 1.82) is 0 Å². The van der Waals surface area contributed by atoms with Gasteiger partial charge in [0, 0.05) is 23.2 Å². The topological polar surface area (TPSA) is 102 Å². The summed E-state index contributed by atoms with van der Waals surface area (Å²) in [4.78, 5) is 24.1. The number of halogens is 1. The van der Waals surface area contributed by atoms with E-state index < -0.39 is 0 Å². The summed E-state index contributed by atoms with van der Waals surface area (Å²) in [7, 11) is 1.49. The molecule has 1 aromatic heterocycles. The highest BCUT2D eigenvalue weighted by Gasteiger charge is 2.32. The third kappa shape index (κ3) is 5.30. The molecule has 3 rings (SSSR count). The molecule has 1 saturated carbocycles. The summed E-state index contributed by atoms with van der Waals surface area (Å²) in [5, 5.41) is 13.8. The van der Waals surface area contributed by atoms with E-state index in [2.05, 4.69) is 20.8 Å². The van der Waals surface area contributed by atoms with Crippen LogP contribution >= 0.6 is 11.6 Å². The monoisotopic (exact) mass is 390 g/mol. The Kier molecular flexibility index (Phi) is 6.08. The molecule has 2 N–H and O–H groups in total. The van der Waals surface area contributed by atoms with Gasteiger partial charge in [0.2, 0.25) is 0 Å². The standard InChI is InChI=1S/C18H19ClN4O4/c1-26-15-8-16(23-20-9-15)18(25)22-13-6-12(7-13)21-17(24)10-27-14-4-2-3-11(19)5-14/h2-5,8-9,12-13H,6-7,10H2,1H3,(H,21,24)(H,22,25). The highest BCUT2D eigenvalue weighted by molar-refractivity contribution is 6.30. The van der Waals surface area contributed by atoms with Gasteiger partial charge in [0.1, 0.15) is 11.5 Å². The van der Waals surface area contributed by atoms with E-state index in [1.165, 1.54) is 19.4 Å². The molecule has 1 aliphatic carbocycles. The van der Waals surface area contributed by atoms with Crippen molar-refractivity contribution in [2.45, 2.75) is 24.9 Å². The van der Waals surface area contributed by atoms with E-state index in [4.69, 9.17) is 21.1 Å². The highest BCUT2D eigenvalue weighted by atomic mass is 35.5. The number of hydrogen-bond donors (Lipinski definition) is 2. The summed E-state index contributed by atoms with van der Waals surface area (Å²) in [6.45, 7) is -0.0900. The number of carbonyl (C=O) groups excluding carboxylic acids is 2. The van der Waals surface area contributed by atoms with Crippen molar-refractivity contribution in [3.8, 4) is 11.5 Å². The second kappa shape index (κ2) is 8.68. The summed E-state index contributed by atoms with van der Waals surface area (Å²) in [6, 6.07) is 8.36. The minimum absolute atomic E-state index is 0.00200. The lowest BCUT2D eigenvalue weighted by Crippen LogP contribution is -2.54. The van der Waals surface area contributed by atoms with Crippen molar-refractivity contribution in [2.75, 3.05) is 13.7 Å². The van der Waals surface area contributed by atoms with Gasteiger partial charge in [0.25, 0.3) is 11.8 Å². The number of hydrogen-bond acceptors (Lipinski definition) is 6. The predicted octanol–water partition coefficient (Wildman–Crippen LogP) is 1.59. The van der Waals surface area contributed by atoms with E-state index in [0.29, 0.717) is 29.4 Å². The van der Waals surface area contributed by atoms with Crippen molar-refractivity contribution in [1.82, 2.24) is 20.8 Å². The maximum atomic E-state index is 12.1. The number of amides is 2. The number of rotatable bonds is 7. The molecule has 2 amide bonds. The summed E-state index contributed by atoms with van der Waals surface area (Å²) < 4.78 is 10.4. The van der Waals surface area contributed by atoms with Crippen molar-refractivity contribution in [3.63, 3.8) is 0 Å². The van der Waals surface area contributed by atoms with Gasteiger partial charge < -0.3 is 20.1 Å². The number of nitrogens with zero attached hydrogens (tertiary/aromatic N) is 2. The Morgan fingerprint density at radius 2 is 1.96 bits per heavy atom. The molecule has 1 fully saturated rings. The molecule has 0 unspecified atom stereocenters. The summed E-state index contributed by atoms with van der Waals surface area (Å²) in [5.74, 6) is 0.466. The number of benzene rings is 1. The van der Waals surface area contributed by atoms with E-state index >= 15 is 0 Å². The number of carbonyl (C=O) groups is 2. The van der Waals surface area contributed by atoms with Crippen LogP contribution in [0.5, 0.6) is 11.5 Å². The average molecular weight is 391 g/mol. The molecule has 2 aromatic rings. The Labute approximate surface area is 161 Å². The molecule has 27 heavy (non-hydrogen) atoms. The average Bonchev–Trinajstić information content (AvgIpc) is 2.64. The first-order chi connectivity index (χ1) is 13.0. The van der Waals surface area contributed by atoms with Crippen LogP contribution in [-0.2, 0) is 4.79 Å². The second-order valence-corrected chi connectivity index (χ2v) is 6.57. The fourth-order valence-corrected chi connectivity index (χ4v) is 2.84. The van der Waals surface area contributed by atoms with Crippen LogP contribution in [0.2, 0.25) is 5.02 Å². The smallest absolute Gasteiger partial charge is 0.272 e. The van der Waals surface area contributed by atoms with Crippen molar-refractivity contribution < 1.29 is 19.1 Å². The zero-order chi connectivity index (χ0) is 19.2. The Bertz CT molecular complexity index is 827. The molecule has 0 radical (unpaired) electrons. The van der Waals surface area contributed by atoms with Crippen LogP contribution in [-0.4, -0.2) is 47.8 Å². The zero-order valence-corrected chi connectivity index (χ0v) is 15.4. The molecule has 1 aliphatic rings. The number of ether oxygens (including phenoxy) is 2. The second-order valence-electron chi connectivity index (χ2n) is 6.13. The van der Waals surface area contributed by atoms with Gasteiger partial charge in [-0.15, -0.1) is 5.10 Å². The van der Waals surface area contributed by atoms with Gasteiger partial charge in [0.05, 0.1) is 13.3 Å². The van der Waals surface area contributed by atoms with Crippen LogP contribution in [0.1, 0.15) is 23.3 Å². The molecule has 0 bridgehead atoms. The van der Waals surface area contributed by atoms with Gasteiger partial charge in [-0.3, -0.25) is 9.59 Å². The first-order valence-corrected chi connectivity index (χ1v) is 8.76.